The molecule has 0 atom stereocenters. The molecule has 4 aliphatic rings. The van der Waals surface area contributed by atoms with Crippen LogP contribution in [0.15, 0.2) is 92.6 Å². The molecule has 1 aromatic rings. The highest BCUT2D eigenvalue weighted by molar-refractivity contribution is 8.31. The van der Waals surface area contributed by atoms with Gasteiger partial charge in [0.1, 0.15) is 39.2 Å². The third-order valence-electron chi connectivity index (χ3n) is 7.85. The first-order valence-electron chi connectivity index (χ1n) is 16.8. The van der Waals surface area contributed by atoms with Gasteiger partial charge >= 0.3 is 47.8 Å². The fourth-order valence-electron chi connectivity index (χ4n) is 4.97. The van der Waals surface area contributed by atoms with Gasteiger partial charge in [-0.15, -0.1) is 0 Å². The highest BCUT2D eigenvalue weighted by Gasteiger charge is 2.38. The standard InChI is InChI=1S/C38H30O16S8/c1-47-29(39)21-22(30(40)48-2)56-19(55-21)13-17(37-59-25(33(43)51-5)26(60-37)34(44)52-6)15-9-11-16(12-10-15)18(38-61-27(35(45)53-7)28(62-38)36(46)54-8)14-20-57-23(31(41)49-3)24(58-20)32(42)50-4/h9-14H,1-8H3. The van der Waals surface area contributed by atoms with Gasteiger partial charge in [-0.05, 0) is 23.3 Å². The lowest BCUT2D eigenvalue weighted by Gasteiger charge is -2.12. The second kappa shape index (κ2) is 21.9. The van der Waals surface area contributed by atoms with Crippen LogP contribution in [0.2, 0.25) is 0 Å². The van der Waals surface area contributed by atoms with Crippen molar-refractivity contribution < 1.29 is 76.3 Å². The predicted molar refractivity (Wildman–Crippen MR) is 241 cm³/mol. The maximum atomic E-state index is 12.9. The number of methoxy groups -OCH3 is 8. The molecule has 24 heteroatoms. The second-order valence-electron chi connectivity index (χ2n) is 11.3. The van der Waals surface area contributed by atoms with E-state index in [0.29, 0.717) is 39.2 Å². The molecule has 16 nitrogen and oxygen atoms in total. The smallest absolute Gasteiger partial charge is 0.346 e. The Hall–Kier alpha value is -4.30. The van der Waals surface area contributed by atoms with Crippen molar-refractivity contribution in [1.29, 1.82) is 0 Å². The molecule has 0 fully saturated rings. The zero-order chi connectivity index (χ0) is 45.4. The number of rotatable bonds is 12. The number of allylic oxidation sites excluding steroid dienone is 4. The topological polar surface area (TPSA) is 210 Å². The molecule has 0 amide bonds. The summed E-state index contributed by atoms with van der Waals surface area (Å²) in [6.45, 7) is 0. The monoisotopic (exact) mass is 998 g/mol. The normalized spacial score (nSPS) is 16.0. The second-order valence-corrected chi connectivity index (χ2v) is 20.6. The molecule has 0 unspecified atom stereocenters. The van der Waals surface area contributed by atoms with Crippen LogP contribution in [0.25, 0.3) is 11.1 Å². The molecule has 326 valence electrons. The van der Waals surface area contributed by atoms with Gasteiger partial charge < -0.3 is 37.9 Å². The van der Waals surface area contributed by atoms with E-state index in [1.54, 1.807) is 36.4 Å². The Labute approximate surface area is 387 Å². The van der Waals surface area contributed by atoms with Crippen molar-refractivity contribution in [3.63, 3.8) is 0 Å². The fourth-order valence-corrected chi connectivity index (χ4v) is 14.8. The van der Waals surface area contributed by atoms with Gasteiger partial charge in [-0.1, -0.05) is 118 Å². The Kier molecular flexibility index (Phi) is 17.2. The van der Waals surface area contributed by atoms with Crippen molar-refractivity contribution in [2.24, 2.45) is 0 Å². The Balaban J connectivity index is 1.68. The highest BCUT2D eigenvalue weighted by Crippen LogP contribution is 2.58. The molecule has 0 spiro atoms. The van der Waals surface area contributed by atoms with E-state index in [0.717, 1.165) is 94.1 Å². The number of hydrogen-bond acceptors (Lipinski definition) is 24. The molecule has 0 aliphatic carbocycles. The molecule has 5 rings (SSSR count). The first-order valence-corrected chi connectivity index (χ1v) is 23.3. The first kappa shape index (κ1) is 48.7. The van der Waals surface area contributed by atoms with Gasteiger partial charge in [-0.2, -0.15) is 0 Å². The van der Waals surface area contributed by atoms with Crippen molar-refractivity contribution >= 4 is 153 Å². The summed E-state index contributed by atoms with van der Waals surface area (Å²) in [6.07, 6.45) is 3.35. The number of esters is 8. The maximum absolute atomic E-state index is 12.9. The van der Waals surface area contributed by atoms with Crippen LogP contribution in [0.3, 0.4) is 0 Å². The van der Waals surface area contributed by atoms with E-state index in [-0.39, 0.29) is 39.2 Å². The Morgan fingerprint density at radius 2 is 0.500 bits per heavy atom. The van der Waals surface area contributed by atoms with Gasteiger partial charge in [0.15, 0.2) is 0 Å². The third kappa shape index (κ3) is 10.5. The number of hydrogen-bond donors (Lipinski definition) is 0. The summed E-state index contributed by atoms with van der Waals surface area (Å²) in [5.74, 6) is -6.17. The highest BCUT2D eigenvalue weighted by atomic mass is 32.2. The van der Waals surface area contributed by atoms with Crippen LogP contribution in [-0.4, -0.2) is 105 Å². The molecule has 4 heterocycles. The number of carbonyl (C=O) groups excluding carboxylic acids is 8. The maximum Gasteiger partial charge on any atom is 0.346 e. The van der Waals surface area contributed by atoms with Crippen LogP contribution in [0, 0.1) is 0 Å². The minimum Gasteiger partial charge on any atom is -0.465 e. The quantitative estimate of drug-likeness (QED) is 0.155. The number of thioether (sulfide) groups is 8. The summed E-state index contributed by atoms with van der Waals surface area (Å²) in [6, 6.07) is 6.87. The van der Waals surface area contributed by atoms with E-state index in [2.05, 4.69) is 0 Å². The first-order chi connectivity index (χ1) is 29.7. The summed E-state index contributed by atoms with van der Waals surface area (Å²) in [5, 5.41) is 0. The Morgan fingerprint density at radius 1 is 0.323 bits per heavy atom. The predicted octanol–water partition coefficient (Wildman–Crippen LogP) is 6.86. The Bertz CT molecular complexity index is 2150. The minimum absolute atomic E-state index is 0.00405. The summed E-state index contributed by atoms with van der Waals surface area (Å²) >= 11 is 7.68. The lowest BCUT2D eigenvalue weighted by atomic mass is 10.0. The van der Waals surface area contributed by atoms with E-state index < -0.39 is 47.8 Å². The minimum atomic E-state index is -0.780. The van der Waals surface area contributed by atoms with Crippen molar-refractivity contribution in [3.8, 4) is 0 Å². The molecule has 0 saturated heterocycles. The molecule has 0 aromatic heterocycles. The molecule has 0 bridgehead atoms. The fraction of sp³-hybridized carbons (Fsp3) is 0.211. The van der Waals surface area contributed by atoms with Crippen LogP contribution in [-0.2, 0) is 76.3 Å². The molecular formula is C38H30O16S8. The molecule has 1 aromatic carbocycles. The number of ether oxygens (including phenoxy) is 8. The lowest BCUT2D eigenvalue weighted by molar-refractivity contribution is -0.138. The molecule has 0 radical (unpaired) electrons. The van der Waals surface area contributed by atoms with Gasteiger partial charge in [0.25, 0.3) is 0 Å². The van der Waals surface area contributed by atoms with Crippen LogP contribution < -0.4 is 0 Å². The molecule has 62 heavy (non-hydrogen) atoms. The van der Waals surface area contributed by atoms with Gasteiger partial charge in [0.2, 0.25) is 0 Å². The molecular weight excluding hydrogens is 969 g/mol. The molecule has 4 aliphatic heterocycles. The Morgan fingerprint density at radius 3 is 0.677 bits per heavy atom. The number of carbonyl (C=O) groups is 8. The average molecular weight is 999 g/mol. The van der Waals surface area contributed by atoms with Crippen LogP contribution in [0.5, 0.6) is 0 Å². The number of benzene rings is 1. The SMILES string of the molecule is COC(=O)C1=C(C(=O)OC)SC(=CC(=C2SC(C(=O)OC)=C(C(=O)OC)S2)c2ccc(C(C=C3SC(C(=O)OC)=C(C(=O)OC)S3)=C3SC(C(=O)OC)=C(C(=O)OC)S3)cc2)S1. The van der Waals surface area contributed by atoms with E-state index in [4.69, 9.17) is 37.9 Å². The molecule has 0 N–H and O–H groups in total. The van der Waals surface area contributed by atoms with Crippen molar-refractivity contribution in [2.45, 2.75) is 0 Å². The van der Waals surface area contributed by atoms with E-state index >= 15 is 0 Å². The van der Waals surface area contributed by atoms with Crippen molar-refractivity contribution in [1.82, 2.24) is 0 Å². The van der Waals surface area contributed by atoms with Gasteiger partial charge in [0.05, 0.1) is 73.8 Å². The average Bonchev–Trinajstić information content (AvgIpc) is 4.13. The van der Waals surface area contributed by atoms with E-state index in [1.165, 1.54) is 56.9 Å². The summed E-state index contributed by atoms with van der Waals surface area (Å²) < 4.78 is 41.2. The zero-order valence-electron chi connectivity index (χ0n) is 33.3. The van der Waals surface area contributed by atoms with Crippen LogP contribution in [0.1, 0.15) is 11.1 Å². The summed E-state index contributed by atoms with van der Waals surface area (Å²) in [4.78, 5) is 102. The third-order valence-corrected chi connectivity index (χ3v) is 17.9. The van der Waals surface area contributed by atoms with Gasteiger partial charge in [-0.3, -0.25) is 0 Å². The van der Waals surface area contributed by atoms with Crippen LogP contribution >= 0.6 is 94.1 Å². The largest absolute Gasteiger partial charge is 0.465 e. The lowest BCUT2D eigenvalue weighted by Crippen LogP contribution is -2.08. The zero-order valence-corrected chi connectivity index (χ0v) is 39.8. The summed E-state index contributed by atoms with van der Waals surface area (Å²) in [5.41, 5.74) is 1.96. The van der Waals surface area contributed by atoms with Crippen molar-refractivity contribution in [3.05, 3.63) is 104 Å². The van der Waals surface area contributed by atoms with Crippen LogP contribution in [0.4, 0.5) is 0 Å². The molecule has 0 saturated carbocycles. The van der Waals surface area contributed by atoms with Gasteiger partial charge in [-0.25, -0.2) is 38.4 Å². The van der Waals surface area contributed by atoms with E-state index in [9.17, 15) is 38.4 Å². The van der Waals surface area contributed by atoms with Gasteiger partial charge in [0, 0.05) is 11.1 Å². The van der Waals surface area contributed by atoms with Crippen molar-refractivity contribution in [2.75, 3.05) is 56.9 Å². The van der Waals surface area contributed by atoms with E-state index in [1.807, 2.05) is 0 Å². The summed E-state index contributed by atoms with van der Waals surface area (Å²) in [7, 11) is 9.38.